The zero-order valence-corrected chi connectivity index (χ0v) is 12.4. The first-order valence-electron chi connectivity index (χ1n) is 7.44. The molecule has 0 spiro atoms. The molecule has 4 heteroatoms. The third-order valence-electron chi connectivity index (χ3n) is 3.64. The fourth-order valence-electron chi connectivity index (χ4n) is 2.50. The molecule has 0 radical (unpaired) electrons. The summed E-state index contributed by atoms with van der Waals surface area (Å²) >= 11 is 0. The fraction of sp³-hybridized carbons (Fsp3) is 0.562. The Kier molecular flexibility index (Phi) is 5.41. The number of aryl methyl sites for hydroxylation is 1. The van der Waals surface area contributed by atoms with Gasteiger partial charge in [0.1, 0.15) is 0 Å². The zero-order valence-electron chi connectivity index (χ0n) is 12.4. The topological polar surface area (TPSA) is 50.4 Å². The van der Waals surface area contributed by atoms with Gasteiger partial charge in [-0.3, -0.25) is 4.79 Å². The van der Waals surface area contributed by atoms with Crippen molar-refractivity contribution in [1.29, 1.82) is 0 Å². The molecule has 1 saturated heterocycles. The van der Waals surface area contributed by atoms with E-state index in [9.17, 15) is 4.79 Å². The SMILES string of the molecule is CCNC(=O)c1ccc(NC2CCCOCC2)c(C)c1. The summed E-state index contributed by atoms with van der Waals surface area (Å²) in [6.07, 6.45) is 3.28. The lowest BCUT2D eigenvalue weighted by molar-refractivity contribution is 0.0956. The van der Waals surface area contributed by atoms with Crippen molar-refractivity contribution < 1.29 is 9.53 Å². The summed E-state index contributed by atoms with van der Waals surface area (Å²) in [6.45, 7) is 6.31. The van der Waals surface area contributed by atoms with Crippen LogP contribution < -0.4 is 10.6 Å². The number of nitrogens with one attached hydrogen (secondary N) is 2. The van der Waals surface area contributed by atoms with Crippen LogP contribution in [0.2, 0.25) is 0 Å². The summed E-state index contributed by atoms with van der Waals surface area (Å²) in [5.74, 6) is -0.00924. The number of ether oxygens (including phenoxy) is 1. The maximum atomic E-state index is 11.8. The lowest BCUT2D eigenvalue weighted by atomic mass is 10.1. The monoisotopic (exact) mass is 276 g/mol. The van der Waals surface area contributed by atoms with E-state index >= 15 is 0 Å². The maximum absolute atomic E-state index is 11.8. The average Bonchev–Trinajstić information content (AvgIpc) is 2.70. The molecule has 1 fully saturated rings. The number of rotatable bonds is 4. The first kappa shape index (κ1) is 14.9. The standard InChI is InChI=1S/C16H24N2O2/c1-3-17-16(19)13-6-7-15(12(2)11-13)18-14-5-4-9-20-10-8-14/h6-7,11,14,18H,3-5,8-10H2,1-2H3,(H,17,19). The Morgan fingerprint density at radius 2 is 2.20 bits per heavy atom. The highest BCUT2D eigenvalue weighted by Gasteiger charge is 2.14. The number of anilines is 1. The predicted molar refractivity (Wildman–Crippen MR) is 81.3 cm³/mol. The number of benzene rings is 1. The number of hydrogen-bond acceptors (Lipinski definition) is 3. The molecule has 1 heterocycles. The summed E-state index contributed by atoms with van der Waals surface area (Å²) in [5.41, 5.74) is 2.95. The normalized spacial score (nSPS) is 19.2. The van der Waals surface area contributed by atoms with E-state index in [1.54, 1.807) is 0 Å². The van der Waals surface area contributed by atoms with Gasteiger partial charge in [-0.15, -0.1) is 0 Å². The molecule has 1 aromatic carbocycles. The number of carbonyl (C=O) groups excluding carboxylic acids is 1. The number of hydrogen-bond donors (Lipinski definition) is 2. The molecule has 1 aliphatic rings. The molecule has 4 nitrogen and oxygen atoms in total. The lowest BCUT2D eigenvalue weighted by Gasteiger charge is -2.19. The predicted octanol–water partition coefficient (Wildman–Crippen LogP) is 2.73. The van der Waals surface area contributed by atoms with Crippen LogP contribution in [0.25, 0.3) is 0 Å². The van der Waals surface area contributed by atoms with Gasteiger partial charge in [0.25, 0.3) is 5.91 Å². The van der Waals surface area contributed by atoms with Crippen LogP contribution in [-0.2, 0) is 4.74 Å². The second-order valence-electron chi connectivity index (χ2n) is 5.27. The molecule has 0 aliphatic carbocycles. The second-order valence-corrected chi connectivity index (χ2v) is 5.27. The maximum Gasteiger partial charge on any atom is 0.251 e. The summed E-state index contributed by atoms with van der Waals surface area (Å²) in [4.78, 5) is 11.8. The quantitative estimate of drug-likeness (QED) is 0.889. The number of carbonyl (C=O) groups is 1. The van der Waals surface area contributed by atoms with E-state index in [0.29, 0.717) is 12.6 Å². The van der Waals surface area contributed by atoms with Crippen molar-refractivity contribution in [2.45, 2.75) is 39.2 Å². The van der Waals surface area contributed by atoms with Gasteiger partial charge in [0.2, 0.25) is 0 Å². The Hall–Kier alpha value is -1.55. The fourth-order valence-corrected chi connectivity index (χ4v) is 2.50. The van der Waals surface area contributed by atoms with Crippen molar-refractivity contribution in [2.24, 2.45) is 0 Å². The highest BCUT2D eigenvalue weighted by Crippen LogP contribution is 2.20. The van der Waals surface area contributed by atoms with Crippen LogP contribution in [0.4, 0.5) is 5.69 Å². The summed E-state index contributed by atoms with van der Waals surface area (Å²) in [6, 6.07) is 6.30. The van der Waals surface area contributed by atoms with Gasteiger partial charge >= 0.3 is 0 Å². The van der Waals surface area contributed by atoms with E-state index in [1.807, 2.05) is 32.0 Å². The van der Waals surface area contributed by atoms with E-state index in [1.165, 1.54) is 0 Å². The molecule has 0 saturated carbocycles. The smallest absolute Gasteiger partial charge is 0.251 e. The Bertz CT molecular complexity index is 452. The van der Waals surface area contributed by atoms with Crippen molar-refractivity contribution >= 4 is 11.6 Å². The highest BCUT2D eigenvalue weighted by atomic mass is 16.5. The molecule has 0 aromatic heterocycles. The van der Waals surface area contributed by atoms with E-state index in [-0.39, 0.29) is 5.91 Å². The molecule has 2 rings (SSSR count). The zero-order chi connectivity index (χ0) is 14.4. The van der Waals surface area contributed by atoms with Crippen LogP contribution in [0.15, 0.2) is 18.2 Å². The Morgan fingerprint density at radius 1 is 1.35 bits per heavy atom. The molecule has 0 bridgehead atoms. The third kappa shape index (κ3) is 3.97. The van der Waals surface area contributed by atoms with Crippen molar-refractivity contribution in [1.82, 2.24) is 5.32 Å². The van der Waals surface area contributed by atoms with Gasteiger partial charge in [-0.1, -0.05) is 0 Å². The van der Waals surface area contributed by atoms with Gasteiger partial charge in [0, 0.05) is 37.1 Å². The highest BCUT2D eigenvalue weighted by molar-refractivity contribution is 5.94. The average molecular weight is 276 g/mol. The molecular weight excluding hydrogens is 252 g/mol. The molecule has 20 heavy (non-hydrogen) atoms. The van der Waals surface area contributed by atoms with Crippen molar-refractivity contribution in [3.05, 3.63) is 29.3 Å². The van der Waals surface area contributed by atoms with Crippen LogP contribution in [-0.4, -0.2) is 31.7 Å². The molecule has 1 unspecified atom stereocenters. The second kappa shape index (κ2) is 7.29. The van der Waals surface area contributed by atoms with E-state index in [2.05, 4.69) is 10.6 Å². The van der Waals surface area contributed by atoms with Crippen LogP contribution in [0, 0.1) is 6.92 Å². The van der Waals surface area contributed by atoms with Crippen LogP contribution >= 0.6 is 0 Å². The van der Waals surface area contributed by atoms with E-state index in [4.69, 9.17) is 4.74 Å². The Balaban J connectivity index is 2.03. The van der Waals surface area contributed by atoms with E-state index in [0.717, 1.165) is 49.3 Å². The van der Waals surface area contributed by atoms with Crippen LogP contribution in [0.3, 0.4) is 0 Å². The minimum Gasteiger partial charge on any atom is -0.382 e. The van der Waals surface area contributed by atoms with Crippen molar-refractivity contribution in [3.8, 4) is 0 Å². The van der Waals surface area contributed by atoms with Crippen molar-refractivity contribution in [2.75, 3.05) is 25.1 Å². The van der Waals surface area contributed by atoms with Gasteiger partial charge in [0.05, 0.1) is 0 Å². The summed E-state index contributed by atoms with van der Waals surface area (Å²) in [7, 11) is 0. The minimum absolute atomic E-state index is 0.00924. The first-order chi connectivity index (χ1) is 9.70. The van der Waals surface area contributed by atoms with Gasteiger partial charge in [-0.25, -0.2) is 0 Å². The van der Waals surface area contributed by atoms with Crippen LogP contribution in [0.5, 0.6) is 0 Å². The molecule has 2 N–H and O–H groups in total. The van der Waals surface area contributed by atoms with Gasteiger partial charge in [0.15, 0.2) is 0 Å². The van der Waals surface area contributed by atoms with Crippen LogP contribution in [0.1, 0.15) is 42.1 Å². The van der Waals surface area contributed by atoms with Gasteiger partial charge < -0.3 is 15.4 Å². The molecule has 1 atom stereocenters. The van der Waals surface area contributed by atoms with E-state index < -0.39 is 0 Å². The molecule has 1 amide bonds. The van der Waals surface area contributed by atoms with Gasteiger partial charge in [-0.05, 0) is 56.9 Å². The largest absolute Gasteiger partial charge is 0.382 e. The molecule has 110 valence electrons. The molecule has 1 aromatic rings. The minimum atomic E-state index is -0.00924. The summed E-state index contributed by atoms with van der Waals surface area (Å²) < 4.78 is 5.48. The third-order valence-corrected chi connectivity index (χ3v) is 3.64. The summed E-state index contributed by atoms with van der Waals surface area (Å²) in [5, 5.41) is 6.40. The Morgan fingerprint density at radius 3 is 2.95 bits per heavy atom. The lowest BCUT2D eigenvalue weighted by Crippen LogP contribution is -2.23. The number of amides is 1. The first-order valence-corrected chi connectivity index (χ1v) is 7.44. The molecular formula is C16H24N2O2. The Labute approximate surface area is 120 Å². The van der Waals surface area contributed by atoms with Gasteiger partial charge in [-0.2, -0.15) is 0 Å². The molecule has 1 aliphatic heterocycles. The van der Waals surface area contributed by atoms with Crippen molar-refractivity contribution in [3.63, 3.8) is 0 Å².